The largest absolute Gasteiger partial charge is 0.455 e. The van der Waals surface area contributed by atoms with Crippen LogP contribution in [0.5, 0.6) is 0 Å². The van der Waals surface area contributed by atoms with Crippen molar-refractivity contribution in [1.82, 2.24) is 19.9 Å². The molecule has 0 unspecified atom stereocenters. The molecule has 0 aliphatic heterocycles. The van der Waals surface area contributed by atoms with Crippen LogP contribution >= 0.6 is 11.3 Å². The van der Waals surface area contributed by atoms with Gasteiger partial charge in [0.15, 0.2) is 17.5 Å². The summed E-state index contributed by atoms with van der Waals surface area (Å²) in [7, 11) is 0. The van der Waals surface area contributed by atoms with E-state index in [2.05, 4.69) is 97.1 Å². The molecule has 0 bridgehead atoms. The molecule has 6 heteroatoms. The summed E-state index contributed by atoms with van der Waals surface area (Å²) in [6.07, 6.45) is 0. The van der Waals surface area contributed by atoms with E-state index >= 15 is 0 Å². The van der Waals surface area contributed by atoms with Crippen molar-refractivity contribution in [2.45, 2.75) is 0 Å². The minimum absolute atomic E-state index is 0.611. The highest BCUT2D eigenvalue weighted by Gasteiger charge is 2.20. The second-order valence-electron chi connectivity index (χ2n) is 13.4. The van der Waals surface area contributed by atoms with Gasteiger partial charge in [-0.1, -0.05) is 146 Å². The molecule has 0 radical (unpaired) electrons. The van der Waals surface area contributed by atoms with Gasteiger partial charge < -0.3 is 4.42 Å². The van der Waals surface area contributed by atoms with Crippen LogP contribution in [-0.2, 0) is 0 Å². The maximum Gasteiger partial charge on any atom is 0.164 e. The summed E-state index contributed by atoms with van der Waals surface area (Å²) in [4.78, 5) is 20.2. The highest BCUT2D eigenvalue weighted by molar-refractivity contribution is 7.26. The fraction of sp³-hybridized carbons (Fsp3) is 0. The minimum atomic E-state index is 0.611. The summed E-state index contributed by atoms with van der Waals surface area (Å²) >= 11 is 1.84. The topological polar surface area (TPSA) is 64.7 Å². The molecular weight excluding hydrogens is 681 g/mol. The average molecular weight is 709 g/mol. The van der Waals surface area contributed by atoms with Gasteiger partial charge in [0.1, 0.15) is 11.2 Å². The molecule has 0 fully saturated rings. The molecule has 0 N–H and O–H groups in total. The molecule has 4 aromatic heterocycles. The Labute approximate surface area is 313 Å². The number of para-hydroxylation sites is 1. The zero-order chi connectivity index (χ0) is 35.6. The molecule has 0 atom stereocenters. The first-order valence-corrected chi connectivity index (χ1v) is 18.7. The standard InChI is InChI=1S/C48H28N4OS/c1-3-12-30(13-4-1)46-50-47(31-14-5-2-6-15-31)52-48(51-46)32-24-22-29(23-25-32)43-42-38-17-7-9-20-40(38)53-44(42)37-27-26-33(28-39(37)49-43)34-18-11-19-36-35-16-8-10-21-41(35)54-45(34)36/h1-28H. The van der Waals surface area contributed by atoms with Gasteiger partial charge in [0.25, 0.3) is 0 Å². The van der Waals surface area contributed by atoms with Crippen LogP contribution in [0.4, 0.5) is 0 Å². The monoisotopic (exact) mass is 708 g/mol. The predicted molar refractivity (Wildman–Crippen MR) is 222 cm³/mol. The Hall–Kier alpha value is -7.02. The first-order valence-electron chi connectivity index (χ1n) is 17.9. The highest BCUT2D eigenvalue weighted by atomic mass is 32.1. The lowest BCUT2D eigenvalue weighted by Crippen LogP contribution is -2.00. The van der Waals surface area contributed by atoms with Crippen molar-refractivity contribution in [2.24, 2.45) is 0 Å². The number of nitrogens with zero attached hydrogens (tertiary/aromatic N) is 4. The number of fused-ring (bicyclic) bond motifs is 8. The molecule has 11 aromatic rings. The van der Waals surface area contributed by atoms with Gasteiger partial charge in [-0.05, 0) is 35.4 Å². The summed E-state index contributed by atoms with van der Waals surface area (Å²) < 4.78 is 9.19. The number of hydrogen-bond acceptors (Lipinski definition) is 6. The zero-order valence-corrected chi connectivity index (χ0v) is 29.6. The van der Waals surface area contributed by atoms with Crippen molar-refractivity contribution in [3.8, 4) is 56.5 Å². The van der Waals surface area contributed by atoms with E-state index in [4.69, 9.17) is 24.4 Å². The van der Waals surface area contributed by atoms with Gasteiger partial charge in [0, 0.05) is 53.2 Å². The van der Waals surface area contributed by atoms with E-state index in [-0.39, 0.29) is 0 Å². The Morgan fingerprint density at radius 3 is 1.70 bits per heavy atom. The van der Waals surface area contributed by atoms with Crippen molar-refractivity contribution in [3.63, 3.8) is 0 Å². The Balaban J connectivity index is 1.07. The fourth-order valence-corrected chi connectivity index (χ4v) is 8.77. The van der Waals surface area contributed by atoms with Crippen LogP contribution in [0.15, 0.2) is 174 Å². The lowest BCUT2D eigenvalue weighted by atomic mass is 9.98. The van der Waals surface area contributed by atoms with Crippen LogP contribution in [0, 0.1) is 0 Å². The fourth-order valence-electron chi connectivity index (χ4n) is 7.53. The van der Waals surface area contributed by atoms with Crippen LogP contribution < -0.4 is 0 Å². The van der Waals surface area contributed by atoms with E-state index in [1.165, 1.54) is 25.7 Å². The van der Waals surface area contributed by atoms with Crippen molar-refractivity contribution in [3.05, 3.63) is 170 Å². The SMILES string of the molecule is c1ccc(-c2nc(-c3ccccc3)nc(-c3ccc(-c4nc5cc(-c6cccc7c6sc6ccccc67)ccc5c5oc6ccccc6c45)cc3)n2)cc1. The molecule has 7 aromatic carbocycles. The molecule has 5 nitrogen and oxygen atoms in total. The minimum Gasteiger partial charge on any atom is -0.455 e. The molecule has 0 saturated heterocycles. The Morgan fingerprint density at radius 2 is 0.981 bits per heavy atom. The van der Waals surface area contributed by atoms with E-state index in [0.29, 0.717) is 17.5 Å². The first kappa shape index (κ1) is 30.6. The van der Waals surface area contributed by atoms with E-state index < -0.39 is 0 Å². The number of thiophene rings is 1. The number of pyridine rings is 1. The van der Waals surface area contributed by atoms with Gasteiger partial charge in [0.2, 0.25) is 0 Å². The zero-order valence-electron chi connectivity index (χ0n) is 28.8. The smallest absolute Gasteiger partial charge is 0.164 e. The van der Waals surface area contributed by atoms with E-state index in [1.54, 1.807) is 0 Å². The van der Waals surface area contributed by atoms with Crippen LogP contribution in [0.2, 0.25) is 0 Å². The summed E-state index contributed by atoms with van der Waals surface area (Å²) in [6.45, 7) is 0. The average Bonchev–Trinajstić information content (AvgIpc) is 3.83. The molecular formula is C48H28N4OS. The lowest BCUT2D eigenvalue weighted by Gasteiger charge is -2.11. The third kappa shape index (κ3) is 4.99. The molecule has 0 saturated carbocycles. The second kappa shape index (κ2) is 12.3. The van der Waals surface area contributed by atoms with Gasteiger partial charge in [-0.15, -0.1) is 11.3 Å². The summed E-state index contributed by atoms with van der Waals surface area (Å²) in [5.74, 6) is 1.88. The van der Waals surface area contributed by atoms with E-state index in [1.807, 2.05) is 84.1 Å². The summed E-state index contributed by atoms with van der Waals surface area (Å²) in [5.41, 5.74) is 9.51. The van der Waals surface area contributed by atoms with Gasteiger partial charge in [-0.2, -0.15) is 0 Å². The van der Waals surface area contributed by atoms with Crippen LogP contribution in [0.25, 0.3) is 110 Å². The van der Waals surface area contributed by atoms with Gasteiger partial charge in [0.05, 0.1) is 16.6 Å². The molecule has 4 heterocycles. The third-order valence-corrected chi connectivity index (χ3v) is 11.4. The molecule has 11 rings (SSSR count). The number of hydrogen-bond donors (Lipinski definition) is 0. The van der Waals surface area contributed by atoms with E-state index in [9.17, 15) is 0 Å². The van der Waals surface area contributed by atoms with Crippen LogP contribution in [0.3, 0.4) is 0 Å². The molecule has 54 heavy (non-hydrogen) atoms. The Morgan fingerprint density at radius 1 is 0.407 bits per heavy atom. The van der Waals surface area contributed by atoms with Crippen molar-refractivity contribution >= 4 is 64.4 Å². The molecule has 0 aliphatic carbocycles. The number of furan rings is 1. The lowest BCUT2D eigenvalue weighted by molar-refractivity contribution is 0.672. The van der Waals surface area contributed by atoms with Crippen molar-refractivity contribution in [2.75, 3.05) is 0 Å². The highest BCUT2D eigenvalue weighted by Crippen LogP contribution is 2.43. The van der Waals surface area contributed by atoms with Crippen LogP contribution in [0.1, 0.15) is 0 Å². The number of aromatic nitrogens is 4. The Kier molecular flexibility index (Phi) is 6.97. The molecule has 0 amide bonds. The normalized spacial score (nSPS) is 11.7. The summed E-state index contributed by atoms with van der Waals surface area (Å²) in [5, 5.41) is 5.60. The second-order valence-corrected chi connectivity index (χ2v) is 14.4. The van der Waals surface area contributed by atoms with Crippen molar-refractivity contribution in [1.29, 1.82) is 0 Å². The van der Waals surface area contributed by atoms with Gasteiger partial charge in [-0.3, -0.25) is 0 Å². The maximum absolute atomic E-state index is 6.62. The molecule has 252 valence electrons. The first-order chi connectivity index (χ1) is 26.7. The number of rotatable bonds is 5. The van der Waals surface area contributed by atoms with Gasteiger partial charge in [-0.25, -0.2) is 19.9 Å². The quantitative estimate of drug-likeness (QED) is 0.178. The van der Waals surface area contributed by atoms with Crippen LogP contribution in [-0.4, -0.2) is 19.9 Å². The van der Waals surface area contributed by atoms with E-state index in [0.717, 1.165) is 66.4 Å². The maximum atomic E-state index is 6.62. The predicted octanol–water partition coefficient (Wildman–Crippen LogP) is 13.0. The van der Waals surface area contributed by atoms with Crippen molar-refractivity contribution < 1.29 is 4.42 Å². The van der Waals surface area contributed by atoms with Gasteiger partial charge >= 0.3 is 0 Å². The molecule has 0 spiro atoms. The summed E-state index contributed by atoms with van der Waals surface area (Å²) in [6, 6.07) is 58.5. The Bertz CT molecular complexity index is 3150. The molecule has 0 aliphatic rings. The number of benzene rings is 7. The third-order valence-electron chi connectivity index (χ3n) is 10.1.